The van der Waals surface area contributed by atoms with Crippen LogP contribution in [0.2, 0.25) is 0 Å². The van der Waals surface area contributed by atoms with E-state index in [4.69, 9.17) is 4.74 Å². The number of esters is 2. The molecule has 1 aliphatic rings. The first-order valence-corrected chi connectivity index (χ1v) is 9.62. The van der Waals surface area contributed by atoms with E-state index in [0.717, 1.165) is 30.4 Å². The number of hydrogen-bond donors (Lipinski definition) is 0. The van der Waals surface area contributed by atoms with Crippen molar-refractivity contribution >= 4 is 11.9 Å². The number of carbonyl (C=O) groups is 2. The molecule has 0 amide bonds. The Bertz CT molecular complexity index is 727. The maximum Gasteiger partial charge on any atom is 0.330 e. The lowest BCUT2D eigenvalue weighted by Gasteiger charge is -2.28. The molecule has 1 aliphatic carbocycles. The molecule has 142 valence electrons. The van der Waals surface area contributed by atoms with Crippen molar-refractivity contribution in [1.29, 1.82) is 0 Å². The monoisotopic (exact) mass is 365 g/mol. The first kappa shape index (κ1) is 19.3. The third-order valence-corrected chi connectivity index (χ3v) is 5.50. The Morgan fingerprint density at radius 1 is 0.963 bits per heavy atom. The standard InChI is InChI=1S/C23H27NO3/c1-3-23(14-15-23)22(26)27-21(25)18(2)24(16-19-10-6-4-7-11-19)17-20-12-8-5-9-13-20/h4-13,18H,3,14-17H2,1-2H3. The predicted octanol–water partition coefficient (Wildman–Crippen LogP) is 4.34. The third kappa shape index (κ3) is 4.83. The van der Waals surface area contributed by atoms with Gasteiger partial charge in [0.2, 0.25) is 0 Å². The van der Waals surface area contributed by atoms with Gasteiger partial charge in [-0.3, -0.25) is 9.69 Å². The van der Waals surface area contributed by atoms with Crippen molar-refractivity contribution < 1.29 is 14.3 Å². The van der Waals surface area contributed by atoms with Gasteiger partial charge in [-0.15, -0.1) is 0 Å². The molecular weight excluding hydrogens is 338 g/mol. The largest absolute Gasteiger partial charge is 0.392 e. The van der Waals surface area contributed by atoms with Gasteiger partial charge < -0.3 is 4.74 Å². The topological polar surface area (TPSA) is 46.6 Å². The molecule has 0 aromatic heterocycles. The normalized spacial score (nSPS) is 16.0. The van der Waals surface area contributed by atoms with Crippen LogP contribution in [-0.4, -0.2) is 22.9 Å². The summed E-state index contributed by atoms with van der Waals surface area (Å²) in [7, 11) is 0. The van der Waals surface area contributed by atoms with Gasteiger partial charge in [0.25, 0.3) is 0 Å². The van der Waals surface area contributed by atoms with Crippen LogP contribution in [-0.2, 0) is 27.4 Å². The van der Waals surface area contributed by atoms with Gasteiger partial charge in [0.05, 0.1) is 5.41 Å². The first-order valence-electron chi connectivity index (χ1n) is 9.62. The van der Waals surface area contributed by atoms with Gasteiger partial charge in [0.1, 0.15) is 6.04 Å². The molecule has 27 heavy (non-hydrogen) atoms. The van der Waals surface area contributed by atoms with Crippen molar-refractivity contribution in [2.75, 3.05) is 0 Å². The van der Waals surface area contributed by atoms with Crippen molar-refractivity contribution in [3.8, 4) is 0 Å². The van der Waals surface area contributed by atoms with Crippen LogP contribution in [0.25, 0.3) is 0 Å². The summed E-state index contributed by atoms with van der Waals surface area (Å²) in [6.45, 7) is 5.00. The third-order valence-electron chi connectivity index (χ3n) is 5.50. The number of carbonyl (C=O) groups excluding carboxylic acids is 2. The Morgan fingerprint density at radius 2 is 1.44 bits per heavy atom. The number of nitrogens with zero attached hydrogens (tertiary/aromatic N) is 1. The second-order valence-corrected chi connectivity index (χ2v) is 7.39. The van der Waals surface area contributed by atoms with Crippen LogP contribution in [0.4, 0.5) is 0 Å². The second-order valence-electron chi connectivity index (χ2n) is 7.39. The summed E-state index contributed by atoms with van der Waals surface area (Å²) in [5, 5.41) is 0. The highest BCUT2D eigenvalue weighted by Crippen LogP contribution is 2.49. The highest BCUT2D eigenvalue weighted by Gasteiger charge is 2.50. The van der Waals surface area contributed by atoms with Crippen LogP contribution >= 0.6 is 0 Å². The van der Waals surface area contributed by atoms with Gasteiger partial charge in [-0.2, -0.15) is 0 Å². The fourth-order valence-electron chi connectivity index (χ4n) is 3.25. The minimum absolute atomic E-state index is 0.360. The van der Waals surface area contributed by atoms with E-state index in [2.05, 4.69) is 0 Å². The number of benzene rings is 2. The molecular formula is C23H27NO3. The summed E-state index contributed by atoms with van der Waals surface area (Å²) in [6.07, 6.45) is 2.37. The zero-order chi connectivity index (χ0) is 19.3. The average molecular weight is 365 g/mol. The molecule has 0 bridgehead atoms. The molecule has 1 saturated carbocycles. The minimum Gasteiger partial charge on any atom is -0.392 e. The summed E-state index contributed by atoms with van der Waals surface area (Å²) in [4.78, 5) is 27.1. The molecule has 0 heterocycles. The molecule has 0 saturated heterocycles. The van der Waals surface area contributed by atoms with Crippen LogP contribution < -0.4 is 0 Å². The summed E-state index contributed by atoms with van der Waals surface area (Å²) in [5.41, 5.74) is 1.82. The van der Waals surface area contributed by atoms with E-state index < -0.39 is 17.4 Å². The van der Waals surface area contributed by atoms with E-state index in [9.17, 15) is 9.59 Å². The van der Waals surface area contributed by atoms with Gasteiger partial charge in [-0.25, -0.2) is 4.79 Å². The number of ether oxygens (including phenoxy) is 1. The van der Waals surface area contributed by atoms with Crippen molar-refractivity contribution in [1.82, 2.24) is 4.90 Å². The van der Waals surface area contributed by atoms with Crippen molar-refractivity contribution in [2.45, 2.75) is 52.2 Å². The number of hydrogen-bond acceptors (Lipinski definition) is 4. The zero-order valence-electron chi connectivity index (χ0n) is 16.1. The molecule has 2 aromatic carbocycles. The maximum absolute atomic E-state index is 12.7. The van der Waals surface area contributed by atoms with Gasteiger partial charge in [-0.1, -0.05) is 67.6 Å². The van der Waals surface area contributed by atoms with Crippen LogP contribution in [0.15, 0.2) is 60.7 Å². The average Bonchev–Trinajstić information content (AvgIpc) is 3.50. The maximum atomic E-state index is 12.7. The quantitative estimate of drug-likeness (QED) is 0.516. The molecule has 4 heteroatoms. The summed E-state index contributed by atoms with van der Waals surface area (Å²) < 4.78 is 5.27. The second kappa shape index (κ2) is 8.49. The van der Waals surface area contributed by atoms with E-state index in [1.54, 1.807) is 0 Å². The van der Waals surface area contributed by atoms with Crippen LogP contribution in [0.5, 0.6) is 0 Å². The first-order chi connectivity index (χ1) is 13.0. The van der Waals surface area contributed by atoms with Crippen molar-refractivity contribution in [3.63, 3.8) is 0 Å². The lowest BCUT2D eigenvalue weighted by Crippen LogP contribution is -2.40. The Kier molecular flexibility index (Phi) is 6.07. The molecule has 1 unspecified atom stereocenters. The van der Waals surface area contributed by atoms with E-state index >= 15 is 0 Å². The molecule has 3 rings (SSSR count). The summed E-state index contributed by atoms with van der Waals surface area (Å²) in [6, 6.07) is 19.5. The lowest BCUT2D eigenvalue weighted by molar-refractivity contribution is -0.167. The van der Waals surface area contributed by atoms with Crippen molar-refractivity contribution in [3.05, 3.63) is 71.8 Å². The van der Waals surface area contributed by atoms with E-state index in [0.29, 0.717) is 13.1 Å². The fourth-order valence-corrected chi connectivity index (χ4v) is 3.25. The Labute approximate surface area is 161 Å². The minimum atomic E-state index is -0.512. The zero-order valence-corrected chi connectivity index (χ0v) is 16.1. The fraction of sp³-hybridized carbons (Fsp3) is 0.391. The smallest absolute Gasteiger partial charge is 0.330 e. The van der Waals surface area contributed by atoms with Gasteiger partial charge in [-0.05, 0) is 37.3 Å². The van der Waals surface area contributed by atoms with E-state index in [1.807, 2.05) is 79.4 Å². The molecule has 0 spiro atoms. The molecule has 1 atom stereocenters. The van der Waals surface area contributed by atoms with Crippen LogP contribution in [0, 0.1) is 5.41 Å². The van der Waals surface area contributed by atoms with Gasteiger partial charge in [0.15, 0.2) is 0 Å². The molecule has 2 aromatic rings. The highest BCUT2D eigenvalue weighted by atomic mass is 16.6. The van der Waals surface area contributed by atoms with Crippen LogP contribution in [0.1, 0.15) is 44.2 Å². The number of rotatable bonds is 8. The van der Waals surface area contributed by atoms with Crippen LogP contribution in [0.3, 0.4) is 0 Å². The highest BCUT2D eigenvalue weighted by molar-refractivity contribution is 5.92. The molecule has 0 aliphatic heterocycles. The van der Waals surface area contributed by atoms with Gasteiger partial charge in [0, 0.05) is 13.1 Å². The molecule has 4 nitrogen and oxygen atoms in total. The Morgan fingerprint density at radius 3 is 1.85 bits per heavy atom. The predicted molar refractivity (Wildman–Crippen MR) is 105 cm³/mol. The Balaban J connectivity index is 1.72. The Hall–Kier alpha value is -2.46. The van der Waals surface area contributed by atoms with Crippen molar-refractivity contribution in [2.24, 2.45) is 5.41 Å². The van der Waals surface area contributed by atoms with Gasteiger partial charge >= 0.3 is 11.9 Å². The van der Waals surface area contributed by atoms with E-state index in [1.165, 1.54) is 0 Å². The summed E-state index contributed by atoms with van der Waals surface area (Å²) in [5.74, 6) is -0.826. The van der Waals surface area contributed by atoms with E-state index in [-0.39, 0.29) is 5.97 Å². The molecule has 0 radical (unpaired) electrons. The molecule has 0 N–H and O–H groups in total. The molecule has 1 fully saturated rings. The SMILES string of the molecule is CCC1(C(=O)OC(=O)C(C)N(Cc2ccccc2)Cc2ccccc2)CC1. The lowest BCUT2D eigenvalue weighted by atomic mass is 10.0. The summed E-state index contributed by atoms with van der Waals surface area (Å²) >= 11 is 0.